The minimum Gasteiger partial charge on any atom is -0.618 e. The Morgan fingerprint density at radius 3 is 2.47 bits per heavy atom. The number of alkyl halides is 1. The van der Waals surface area contributed by atoms with Gasteiger partial charge in [0.25, 0.3) is 0 Å². The van der Waals surface area contributed by atoms with E-state index in [4.69, 9.17) is 14.7 Å². The van der Waals surface area contributed by atoms with E-state index in [0.29, 0.717) is 41.4 Å². The van der Waals surface area contributed by atoms with Crippen LogP contribution in [0.5, 0.6) is 0 Å². The number of aryl methyl sites for hydroxylation is 1. The number of tetrazole rings is 1. The molecule has 1 atom stereocenters. The van der Waals surface area contributed by atoms with Gasteiger partial charge in [-0.1, -0.05) is 61.9 Å². The van der Waals surface area contributed by atoms with E-state index in [9.17, 15) is 9.60 Å². The van der Waals surface area contributed by atoms with Gasteiger partial charge >= 0.3 is 0 Å². The molecule has 0 saturated heterocycles. The number of benzene rings is 2. The Morgan fingerprint density at radius 1 is 0.956 bits per heavy atom. The highest BCUT2D eigenvalue weighted by Crippen LogP contribution is 2.32. The number of ether oxygens (including phenoxy) is 1. The number of hydrogen-bond donors (Lipinski definition) is 0. The zero-order chi connectivity index (χ0) is 31.3. The lowest BCUT2D eigenvalue weighted by Gasteiger charge is -2.15. The van der Waals surface area contributed by atoms with Crippen LogP contribution in [0, 0.1) is 5.21 Å². The fourth-order valence-electron chi connectivity index (χ4n) is 5.61. The van der Waals surface area contributed by atoms with Crippen LogP contribution in [-0.2, 0) is 24.4 Å². The van der Waals surface area contributed by atoms with Gasteiger partial charge in [0.2, 0.25) is 5.69 Å². The third-order valence-corrected chi connectivity index (χ3v) is 7.88. The summed E-state index contributed by atoms with van der Waals surface area (Å²) in [7, 11) is 0. The van der Waals surface area contributed by atoms with E-state index in [-0.39, 0.29) is 11.9 Å². The molecule has 45 heavy (non-hydrogen) atoms. The maximum Gasteiger partial charge on any atom is 0.225 e. The Hall–Kier alpha value is -5.03. The predicted octanol–water partition coefficient (Wildman–Crippen LogP) is 6.47. The summed E-state index contributed by atoms with van der Waals surface area (Å²) in [5.41, 5.74) is 6.24. The monoisotopic (exact) mass is 606 g/mol. The second-order valence-corrected chi connectivity index (χ2v) is 10.8. The van der Waals surface area contributed by atoms with Crippen molar-refractivity contribution in [1.82, 2.24) is 34.7 Å². The quantitative estimate of drug-likeness (QED) is 0.116. The molecule has 6 rings (SSSR count). The Kier molecular flexibility index (Phi) is 8.88. The van der Waals surface area contributed by atoms with E-state index in [2.05, 4.69) is 57.3 Å². The van der Waals surface area contributed by atoms with Crippen LogP contribution >= 0.6 is 0 Å². The molecule has 0 amide bonds. The molecular weight excluding hydrogens is 571 g/mol. The molecule has 230 valence electrons. The van der Waals surface area contributed by atoms with Crippen LogP contribution in [0.3, 0.4) is 0 Å². The molecule has 0 bridgehead atoms. The summed E-state index contributed by atoms with van der Waals surface area (Å²) < 4.78 is 24.6. The number of aromatic nitrogens is 8. The number of halogens is 1. The van der Waals surface area contributed by atoms with E-state index in [0.717, 1.165) is 52.1 Å². The number of nitrogens with zero attached hydrogens (tertiary/aromatic N) is 8. The number of rotatable bonds is 12. The number of imidazole rings is 1. The average molecular weight is 607 g/mol. The third kappa shape index (κ3) is 6.03. The van der Waals surface area contributed by atoms with Gasteiger partial charge in [0.15, 0.2) is 23.9 Å². The third-order valence-electron chi connectivity index (χ3n) is 7.88. The fourth-order valence-corrected chi connectivity index (χ4v) is 5.61. The summed E-state index contributed by atoms with van der Waals surface area (Å²) >= 11 is 0. The van der Waals surface area contributed by atoms with Crippen molar-refractivity contribution in [2.75, 3.05) is 6.61 Å². The molecule has 0 radical (unpaired) electrons. The van der Waals surface area contributed by atoms with E-state index in [1.807, 2.05) is 32.0 Å². The lowest BCUT2D eigenvalue weighted by atomic mass is 9.98. The van der Waals surface area contributed by atoms with Crippen molar-refractivity contribution < 1.29 is 13.9 Å². The van der Waals surface area contributed by atoms with E-state index >= 15 is 0 Å². The van der Waals surface area contributed by atoms with Crippen molar-refractivity contribution in [3.8, 4) is 33.8 Å². The SMILES string of the molecule is CCCCc1nc2cc(-c3cccc[n+]3[O-])c(CF)nc2n1Cc1ccc(-c2ccccc2-c2nnnn2C(C)OCC)cc1. The van der Waals surface area contributed by atoms with Crippen molar-refractivity contribution >= 4 is 11.2 Å². The minimum absolute atomic E-state index is 0.217. The lowest BCUT2D eigenvalue weighted by molar-refractivity contribution is -0.593. The van der Waals surface area contributed by atoms with E-state index in [1.165, 1.54) is 6.20 Å². The highest BCUT2D eigenvalue weighted by atomic mass is 19.1. The molecule has 0 spiro atoms. The second-order valence-electron chi connectivity index (χ2n) is 10.8. The summed E-state index contributed by atoms with van der Waals surface area (Å²) in [5.74, 6) is 1.52. The van der Waals surface area contributed by atoms with Gasteiger partial charge in [-0.2, -0.15) is 9.41 Å². The van der Waals surface area contributed by atoms with Crippen LogP contribution in [0.4, 0.5) is 4.39 Å². The van der Waals surface area contributed by atoms with Gasteiger partial charge in [0, 0.05) is 30.7 Å². The predicted molar refractivity (Wildman–Crippen MR) is 169 cm³/mol. The molecule has 0 fully saturated rings. The van der Waals surface area contributed by atoms with Crippen molar-refractivity contribution in [3.05, 3.63) is 101 Å². The molecule has 1 unspecified atom stereocenters. The molecule has 0 aliphatic rings. The summed E-state index contributed by atoms with van der Waals surface area (Å²) in [4.78, 5) is 9.63. The summed E-state index contributed by atoms with van der Waals surface area (Å²) in [6.45, 7) is 6.27. The standard InChI is InChI=1S/C34H35FN8O2/c1-4-6-14-32-36-29-20-28(31-13-9-10-19-42(31)44)30(21-35)37-34(29)41(32)22-24-15-17-25(18-16-24)26-11-7-8-12-27(26)33-38-39-40-43(33)23(3)45-5-2/h7-13,15-20,23H,4-6,14,21-22H2,1-3H3. The van der Waals surface area contributed by atoms with E-state index in [1.54, 1.807) is 28.9 Å². The van der Waals surface area contributed by atoms with Crippen LogP contribution in [-0.4, -0.2) is 41.3 Å². The molecule has 4 heterocycles. The van der Waals surface area contributed by atoms with Gasteiger partial charge in [0.1, 0.15) is 18.0 Å². The summed E-state index contributed by atoms with van der Waals surface area (Å²) in [5, 5.41) is 24.9. The van der Waals surface area contributed by atoms with Crippen molar-refractivity contribution in [2.45, 2.75) is 59.5 Å². The molecular formula is C34H35FN8O2. The molecule has 4 aromatic heterocycles. The largest absolute Gasteiger partial charge is 0.618 e. The zero-order valence-electron chi connectivity index (χ0n) is 25.6. The van der Waals surface area contributed by atoms with E-state index < -0.39 is 6.67 Å². The first-order valence-corrected chi connectivity index (χ1v) is 15.2. The van der Waals surface area contributed by atoms with Crippen LogP contribution in [0.2, 0.25) is 0 Å². The molecule has 2 aromatic carbocycles. The first kappa shape index (κ1) is 30.0. The Balaban J connectivity index is 1.35. The number of hydrogen-bond acceptors (Lipinski definition) is 7. The van der Waals surface area contributed by atoms with Gasteiger partial charge in [-0.15, -0.1) is 5.10 Å². The van der Waals surface area contributed by atoms with Crippen LogP contribution in [0.15, 0.2) is 79.0 Å². The smallest absolute Gasteiger partial charge is 0.225 e. The normalized spacial score (nSPS) is 12.2. The highest BCUT2D eigenvalue weighted by Gasteiger charge is 2.21. The molecule has 0 saturated carbocycles. The minimum atomic E-state index is -0.795. The van der Waals surface area contributed by atoms with Crippen molar-refractivity contribution in [2.24, 2.45) is 0 Å². The first-order chi connectivity index (χ1) is 22.0. The van der Waals surface area contributed by atoms with Gasteiger partial charge in [-0.25, -0.2) is 14.4 Å². The summed E-state index contributed by atoms with van der Waals surface area (Å²) in [6, 6.07) is 23.2. The highest BCUT2D eigenvalue weighted by molar-refractivity contribution is 5.81. The Morgan fingerprint density at radius 2 is 1.73 bits per heavy atom. The van der Waals surface area contributed by atoms with Crippen molar-refractivity contribution in [3.63, 3.8) is 0 Å². The lowest BCUT2D eigenvalue weighted by Crippen LogP contribution is -2.28. The Bertz CT molecular complexity index is 1920. The maximum absolute atomic E-state index is 14.3. The van der Waals surface area contributed by atoms with Gasteiger partial charge < -0.3 is 14.5 Å². The molecule has 11 heteroatoms. The molecule has 10 nitrogen and oxygen atoms in total. The molecule has 0 aliphatic heterocycles. The summed E-state index contributed by atoms with van der Waals surface area (Å²) in [6.07, 6.45) is 3.83. The van der Waals surface area contributed by atoms with Gasteiger partial charge in [-0.3, -0.25) is 0 Å². The van der Waals surface area contributed by atoms with Crippen molar-refractivity contribution in [1.29, 1.82) is 0 Å². The van der Waals surface area contributed by atoms with Gasteiger partial charge in [0.05, 0.1) is 17.8 Å². The number of fused-ring (bicyclic) bond motifs is 1. The average Bonchev–Trinajstić information content (AvgIpc) is 3.69. The first-order valence-electron chi connectivity index (χ1n) is 15.2. The molecule has 6 aromatic rings. The Labute approximate surface area is 260 Å². The maximum atomic E-state index is 14.3. The molecule has 0 aliphatic carbocycles. The van der Waals surface area contributed by atoms with Crippen LogP contribution < -0.4 is 4.73 Å². The topological polar surface area (TPSA) is 110 Å². The van der Waals surface area contributed by atoms with Crippen LogP contribution in [0.1, 0.15) is 56.9 Å². The van der Waals surface area contributed by atoms with Gasteiger partial charge in [-0.05, 0) is 59.5 Å². The second kappa shape index (κ2) is 13.3. The zero-order valence-corrected chi connectivity index (χ0v) is 25.6. The number of unbranched alkanes of at least 4 members (excludes halogenated alkanes) is 1. The fraction of sp³-hybridized carbons (Fsp3) is 0.294. The van der Waals surface area contributed by atoms with Crippen LogP contribution in [0.25, 0.3) is 44.9 Å². The number of pyridine rings is 2. The molecule has 0 N–H and O–H groups in total.